The van der Waals surface area contributed by atoms with Gasteiger partial charge in [-0.3, -0.25) is 0 Å². The van der Waals surface area contributed by atoms with Gasteiger partial charge in [-0.15, -0.1) is 0 Å². The van der Waals surface area contributed by atoms with E-state index in [1.165, 1.54) is 29.9 Å². The Hall–Kier alpha value is -0.180. The standard InChI is InChI=1S/C15H24ClNS/c1-4-6-15(17-12(3)11-18-5-2)13-7-9-14(16)10-8-13/h7-10,12,15,17H,4-6,11H2,1-3H3. The van der Waals surface area contributed by atoms with Crippen molar-refractivity contribution in [2.45, 2.75) is 45.7 Å². The summed E-state index contributed by atoms with van der Waals surface area (Å²) in [5.41, 5.74) is 1.34. The van der Waals surface area contributed by atoms with E-state index in [9.17, 15) is 0 Å². The second-order valence-corrected chi connectivity index (χ2v) is 6.38. The maximum Gasteiger partial charge on any atom is 0.0406 e. The normalized spacial score (nSPS) is 14.4. The van der Waals surface area contributed by atoms with Crippen molar-refractivity contribution in [3.8, 4) is 0 Å². The zero-order valence-electron chi connectivity index (χ0n) is 11.6. The first-order valence-electron chi connectivity index (χ1n) is 6.76. The lowest BCUT2D eigenvalue weighted by Crippen LogP contribution is -2.32. The van der Waals surface area contributed by atoms with E-state index < -0.39 is 0 Å². The minimum Gasteiger partial charge on any atom is -0.307 e. The van der Waals surface area contributed by atoms with Gasteiger partial charge in [0, 0.05) is 22.9 Å². The summed E-state index contributed by atoms with van der Waals surface area (Å²) in [6.45, 7) is 6.71. The Labute approximate surface area is 121 Å². The molecule has 0 saturated carbocycles. The molecule has 0 aliphatic heterocycles. The van der Waals surface area contributed by atoms with Gasteiger partial charge in [0.25, 0.3) is 0 Å². The highest BCUT2D eigenvalue weighted by Gasteiger charge is 2.13. The summed E-state index contributed by atoms with van der Waals surface area (Å²) in [4.78, 5) is 0. The van der Waals surface area contributed by atoms with Gasteiger partial charge in [0.2, 0.25) is 0 Å². The molecule has 1 N–H and O–H groups in total. The topological polar surface area (TPSA) is 12.0 Å². The van der Waals surface area contributed by atoms with Crippen molar-refractivity contribution in [2.24, 2.45) is 0 Å². The zero-order valence-corrected chi connectivity index (χ0v) is 13.2. The highest BCUT2D eigenvalue weighted by Crippen LogP contribution is 2.21. The monoisotopic (exact) mass is 285 g/mol. The molecule has 2 atom stereocenters. The SMILES string of the molecule is CCCC(NC(C)CSCC)c1ccc(Cl)cc1. The number of benzene rings is 1. The number of hydrogen-bond donors (Lipinski definition) is 1. The molecule has 102 valence electrons. The molecule has 2 unspecified atom stereocenters. The lowest BCUT2D eigenvalue weighted by atomic mass is 10.0. The van der Waals surface area contributed by atoms with E-state index in [2.05, 4.69) is 38.2 Å². The highest BCUT2D eigenvalue weighted by molar-refractivity contribution is 7.99. The fourth-order valence-corrected chi connectivity index (χ4v) is 2.83. The van der Waals surface area contributed by atoms with Gasteiger partial charge in [0.05, 0.1) is 0 Å². The molecule has 1 nitrogen and oxygen atoms in total. The molecule has 0 heterocycles. The maximum atomic E-state index is 5.94. The van der Waals surface area contributed by atoms with Gasteiger partial charge in [-0.05, 0) is 36.8 Å². The number of rotatable bonds is 8. The summed E-state index contributed by atoms with van der Waals surface area (Å²) < 4.78 is 0. The van der Waals surface area contributed by atoms with Crippen LogP contribution in [0.4, 0.5) is 0 Å². The van der Waals surface area contributed by atoms with Crippen molar-refractivity contribution in [1.82, 2.24) is 5.32 Å². The van der Waals surface area contributed by atoms with Crippen molar-refractivity contribution in [3.63, 3.8) is 0 Å². The third-order valence-corrected chi connectivity index (χ3v) is 4.30. The molecule has 18 heavy (non-hydrogen) atoms. The number of hydrogen-bond acceptors (Lipinski definition) is 2. The van der Waals surface area contributed by atoms with Gasteiger partial charge in [-0.1, -0.05) is 44.0 Å². The summed E-state index contributed by atoms with van der Waals surface area (Å²) in [7, 11) is 0. The van der Waals surface area contributed by atoms with Crippen molar-refractivity contribution in [3.05, 3.63) is 34.9 Å². The van der Waals surface area contributed by atoms with Gasteiger partial charge in [0.1, 0.15) is 0 Å². The molecule has 0 fully saturated rings. The molecule has 0 amide bonds. The second kappa shape index (κ2) is 8.84. The first kappa shape index (κ1) is 15.9. The minimum absolute atomic E-state index is 0.444. The van der Waals surface area contributed by atoms with Crippen molar-refractivity contribution in [2.75, 3.05) is 11.5 Å². The maximum absolute atomic E-state index is 5.94. The summed E-state index contributed by atoms with van der Waals surface area (Å²) in [6.07, 6.45) is 2.36. The Morgan fingerprint density at radius 1 is 1.22 bits per heavy atom. The average Bonchev–Trinajstić information content (AvgIpc) is 2.37. The fraction of sp³-hybridized carbons (Fsp3) is 0.600. The molecule has 0 bridgehead atoms. The van der Waals surface area contributed by atoms with Crippen molar-refractivity contribution < 1.29 is 0 Å². The predicted molar refractivity (Wildman–Crippen MR) is 84.7 cm³/mol. The van der Waals surface area contributed by atoms with E-state index in [0.717, 1.165) is 5.02 Å². The Bertz CT molecular complexity index is 326. The van der Waals surface area contributed by atoms with Crippen LogP contribution >= 0.6 is 23.4 Å². The van der Waals surface area contributed by atoms with E-state index in [0.29, 0.717) is 12.1 Å². The molecule has 0 aromatic heterocycles. The number of thioether (sulfide) groups is 1. The second-order valence-electron chi connectivity index (χ2n) is 4.62. The van der Waals surface area contributed by atoms with Crippen LogP contribution in [0.1, 0.15) is 45.2 Å². The van der Waals surface area contributed by atoms with E-state index in [-0.39, 0.29) is 0 Å². The van der Waals surface area contributed by atoms with Crippen molar-refractivity contribution >= 4 is 23.4 Å². The molecule has 0 saturated heterocycles. The smallest absolute Gasteiger partial charge is 0.0406 e. The average molecular weight is 286 g/mol. The van der Waals surface area contributed by atoms with Gasteiger partial charge < -0.3 is 5.32 Å². The van der Waals surface area contributed by atoms with Crippen LogP contribution in [0.15, 0.2) is 24.3 Å². The quantitative estimate of drug-likeness (QED) is 0.728. The van der Waals surface area contributed by atoms with Crippen molar-refractivity contribution in [1.29, 1.82) is 0 Å². The summed E-state index contributed by atoms with van der Waals surface area (Å²) >= 11 is 7.93. The molecule has 0 aliphatic carbocycles. The summed E-state index contributed by atoms with van der Waals surface area (Å²) in [6, 6.07) is 9.21. The molecular weight excluding hydrogens is 262 g/mol. The van der Waals surface area contributed by atoms with Gasteiger partial charge in [-0.2, -0.15) is 11.8 Å². The van der Waals surface area contributed by atoms with E-state index in [4.69, 9.17) is 11.6 Å². The summed E-state index contributed by atoms with van der Waals surface area (Å²) in [5, 5.41) is 4.53. The van der Waals surface area contributed by atoms with Crippen LogP contribution in [0.3, 0.4) is 0 Å². The molecule has 3 heteroatoms. The Morgan fingerprint density at radius 2 is 1.89 bits per heavy atom. The van der Waals surface area contributed by atoms with Crippen LogP contribution in [0.25, 0.3) is 0 Å². The number of nitrogens with one attached hydrogen (secondary N) is 1. The van der Waals surface area contributed by atoms with Crippen LogP contribution in [-0.4, -0.2) is 17.5 Å². The highest BCUT2D eigenvalue weighted by atomic mass is 35.5. The number of halogens is 1. The third kappa shape index (κ3) is 5.64. The Balaban J connectivity index is 2.61. The molecule has 1 rings (SSSR count). The van der Waals surface area contributed by atoms with Crippen LogP contribution in [0.5, 0.6) is 0 Å². The lowest BCUT2D eigenvalue weighted by molar-refractivity contribution is 0.452. The fourth-order valence-electron chi connectivity index (χ4n) is 2.02. The molecule has 0 radical (unpaired) electrons. The predicted octanol–water partition coefficient (Wildman–Crippen LogP) is 4.91. The lowest BCUT2D eigenvalue weighted by Gasteiger charge is -2.23. The Morgan fingerprint density at radius 3 is 2.44 bits per heavy atom. The first-order valence-corrected chi connectivity index (χ1v) is 8.29. The molecular formula is C15H24ClNS. The van der Waals surface area contributed by atoms with Gasteiger partial charge in [0.15, 0.2) is 0 Å². The van der Waals surface area contributed by atoms with E-state index in [1.54, 1.807) is 0 Å². The largest absolute Gasteiger partial charge is 0.307 e. The summed E-state index contributed by atoms with van der Waals surface area (Å²) in [5.74, 6) is 2.36. The molecule has 0 aliphatic rings. The van der Waals surface area contributed by atoms with Crippen LogP contribution in [-0.2, 0) is 0 Å². The van der Waals surface area contributed by atoms with E-state index in [1.807, 2.05) is 23.9 Å². The first-order chi connectivity index (χ1) is 8.67. The van der Waals surface area contributed by atoms with Gasteiger partial charge in [-0.25, -0.2) is 0 Å². The van der Waals surface area contributed by atoms with Crippen LogP contribution < -0.4 is 5.32 Å². The molecule has 1 aromatic carbocycles. The van der Waals surface area contributed by atoms with E-state index >= 15 is 0 Å². The molecule has 0 spiro atoms. The van der Waals surface area contributed by atoms with Gasteiger partial charge >= 0.3 is 0 Å². The van der Waals surface area contributed by atoms with Crippen LogP contribution in [0.2, 0.25) is 5.02 Å². The minimum atomic E-state index is 0.444. The molecule has 1 aromatic rings. The third-order valence-electron chi connectivity index (χ3n) is 2.91. The zero-order chi connectivity index (χ0) is 13.4. The Kier molecular flexibility index (Phi) is 7.80. The van der Waals surface area contributed by atoms with Crippen LogP contribution in [0, 0.1) is 0 Å².